The molecule has 0 saturated carbocycles. The lowest BCUT2D eigenvalue weighted by molar-refractivity contribution is 0.635. The molecule has 1 aromatic rings. The highest BCUT2D eigenvalue weighted by Gasteiger charge is 1.92. The summed E-state index contributed by atoms with van der Waals surface area (Å²) < 4.78 is 12.5. The normalized spacial score (nSPS) is 7.82. The molecule has 0 aliphatic heterocycles. The first-order chi connectivity index (χ1) is 4.20. The van der Waals surface area contributed by atoms with E-state index in [1.807, 2.05) is 6.92 Å². The second-order valence-corrected chi connectivity index (χ2v) is 2.02. The van der Waals surface area contributed by atoms with Crippen molar-refractivity contribution in [1.29, 1.82) is 0 Å². The van der Waals surface area contributed by atoms with Crippen LogP contribution < -0.4 is 5.46 Å². The monoisotopic (exact) mass is 156 g/mol. The number of rotatable bonds is 0. The molecular weight excluding hydrogens is 146 g/mol. The summed E-state index contributed by atoms with van der Waals surface area (Å²) in [7, 11) is 5.21. The highest BCUT2D eigenvalue weighted by molar-refractivity contribution is 6.32. The molecular formula is C7H10BFO2. The molecule has 0 spiro atoms. The van der Waals surface area contributed by atoms with Crippen LogP contribution in [0, 0.1) is 12.7 Å². The fraction of sp³-hybridized carbons (Fsp3) is 0.143. The molecule has 0 aromatic heterocycles. The molecule has 2 radical (unpaired) electrons. The molecule has 0 fully saturated rings. The molecule has 4 heteroatoms. The van der Waals surface area contributed by atoms with Crippen LogP contribution in [0.15, 0.2) is 18.2 Å². The summed E-state index contributed by atoms with van der Waals surface area (Å²) in [5.41, 5.74) is 1.10. The largest absolute Gasteiger partial charge is 0.412 e. The van der Waals surface area contributed by atoms with Crippen LogP contribution >= 0.6 is 0 Å². The van der Waals surface area contributed by atoms with Crippen LogP contribution in [0.4, 0.5) is 4.39 Å². The predicted molar refractivity (Wildman–Crippen MR) is 43.8 cm³/mol. The van der Waals surface area contributed by atoms with Gasteiger partial charge in [-0.15, -0.1) is 0 Å². The fourth-order valence-electron chi connectivity index (χ4n) is 0.632. The standard InChI is InChI=1S/C7H6BF.2H2O/c1-5-2-3-6(8)7(9)4-5;;/h2-4H,1H3;2*1H2. The van der Waals surface area contributed by atoms with Gasteiger partial charge >= 0.3 is 0 Å². The lowest BCUT2D eigenvalue weighted by atomic mass is 9.95. The van der Waals surface area contributed by atoms with E-state index in [4.69, 9.17) is 7.85 Å². The third kappa shape index (κ3) is 3.16. The Morgan fingerprint density at radius 1 is 1.27 bits per heavy atom. The van der Waals surface area contributed by atoms with Crippen molar-refractivity contribution in [2.75, 3.05) is 0 Å². The van der Waals surface area contributed by atoms with Crippen molar-refractivity contribution in [3.63, 3.8) is 0 Å². The van der Waals surface area contributed by atoms with E-state index < -0.39 is 0 Å². The SMILES string of the molecule is O.O.[B]c1ccc(C)cc1F. The number of benzene rings is 1. The van der Waals surface area contributed by atoms with Gasteiger partial charge in [0, 0.05) is 0 Å². The second-order valence-electron chi connectivity index (χ2n) is 2.02. The summed E-state index contributed by atoms with van der Waals surface area (Å²) in [5, 5.41) is 0. The minimum atomic E-state index is -0.338. The van der Waals surface area contributed by atoms with Gasteiger partial charge in [0.2, 0.25) is 0 Å². The number of hydrogen-bond donors (Lipinski definition) is 0. The van der Waals surface area contributed by atoms with Gasteiger partial charge in [-0.1, -0.05) is 17.6 Å². The fourth-order valence-corrected chi connectivity index (χ4v) is 0.632. The zero-order valence-corrected chi connectivity index (χ0v) is 6.19. The van der Waals surface area contributed by atoms with Gasteiger partial charge in [0.25, 0.3) is 0 Å². The number of aryl methyl sites for hydroxylation is 1. The molecule has 1 rings (SSSR count). The number of hydrogen-bond acceptors (Lipinski definition) is 0. The van der Waals surface area contributed by atoms with Crippen LogP contribution in [0.25, 0.3) is 0 Å². The molecule has 0 amide bonds. The Morgan fingerprint density at radius 3 is 2.18 bits per heavy atom. The molecule has 0 bridgehead atoms. The highest BCUT2D eigenvalue weighted by atomic mass is 19.1. The molecule has 0 unspecified atom stereocenters. The van der Waals surface area contributed by atoms with Crippen LogP contribution in [-0.4, -0.2) is 18.8 Å². The average Bonchev–Trinajstić information content (AvgIpc) is 1.80. The van der Waals surface area contributed by atoms with Crippen LogP contribution in [0.5, 0.6) is 0 Å². The zero-order chi connectivity index (χ0) is 6.85. The third-order valence-electron chi connectivity index (χ3n) is 1.16. The molecule has 4 N–H and O–H groups in total. The molecule has 11 heavy (non-hydrogen) atoms. The van der Waals surface area contributed by atoms with Gasteiger partial charge in [0.1, 0.15) is 13.7 Å². The van der Waals surface area contributed by atoms with Crippen LogP contribution in [0.3, 0.4) is 0 Å². The quantitative estimate of drug-likeness (QED) is 0.445. The average molecular weight is 156 g/mol. The summed E-state index contributed by atoms with van der Waals surface area (Å²) in [6, 6.07) is 4.75. The van der Waals surface area contributed by atoms with E-state index in [1.54, 1.807) is 12.1 Å². The van der Waals surface area contributed by atoms with Crippen molar-refractivity contribution in [2.24, 2.45) is 0 Å². The van der Waals surface area contributed by atoms with Crippen LogP contribution in [0.2, 0.25) is 0 Å². The van der Waals surface area contributed by atoms with Gasteiger partial charge in [-0.05, 0) is 18.6 Å². The van der Waals surface area contributed by atoms with Crippen LogP contribution in [0.1, 0.15) is 5.56 Å². The maximum absolute atomic E-state index is 12.5. The molecule has 0 aliphatic carbocycles. The Morgan fingerprint density at radius 2 is 1.82 bits per heavy atom. The molecule has 1 aromatic carbocycles. The molecule has 0 heterocycles. The topological polar surface area (TPSA) is 63.0 Å². The first kappa shape index (κ1) is 12.8. The minimum absolute atomic E-state index is 0. The Balaban J connectivity index is 0. The van der Waals surface area contributed by atoms with E-state index in [0.717, 1.165) is 5.56 Å². The van der Waals surface area contributed by atoms with E-state index in [9.17, 15) is 4.39 Å². The summed E-state index contributed by atoms with van der Waals surface area (Å²) in [6.07, 6.45) is 0. The lowest BCUT2D eigenvalue weighted by Crippen LogP contribution is -2.06. The lowest BCUT2D eigenvalue weighted by Gasteiger charge is -1.95. The van der Waals surface area contributed by atoms with Gasteiger partial charge in [-0.3, -0.25) is 0 Å². The van der Waals surface area contributed by atoms with E-state index in [-0.39, 0.29) is 22.2 Å². The van der Waals surface area contributed by atoms with Crippen LogP contribution in [-0.2, 0) is 0 Å². The Kier molecular flexibility index (Phi) is 5.66. The van der Waals surface area contributed by atoms with E-state index in [0.29, 0.717) is 0 Å². The minimum Gasteiger partial charge on any atom is -0.412 e. The molecule has 0 atom stereocenters. The zero-order valence-electron chi connectivity index (χ0n) is 6.19. The summed E-state index contributed by atoms with van der Waals surface area (Å²) in [4.78, 5) is 0. The van der Waals surface area contributed by atoms with Gasteiger partial charge in [-0.2, -0.15) is 0 Å². The summed E-state index contributed by atoms with van der Waals surface area (Å²) >= 11 is 0. The van der Waals surface area contributed by atoms with E-state index in [2.05, 4.69) is 0 Å². The Labute approximate surface area is 66.1 Å². The predicted octanol–water partition coefficient (Wildman–Crippen LogP) is -0.721. The van der Waals surface area contributed by atoms with Gasteiger partial charge in [0.15, 0.2) is 0 Å². The van der Waals surface area contributed by atoms with Gasteiger partial charge < -0.3 is 11.0 Å². The smallest absolute Gasteiger partial charge is 0.117 e. The van der Waals surface area contributed by atoms with Crippen molar-refractivity contribution in [1.82, 2.24) is 0 Å². The first-order valence-electron chi connectivity index (χ1n) is 2.72. The van der Waals surface area contributed by atoms with Crippen molar-refractivity contribution in [2.45, 2.75) is 6.92 Å². The second kappa shape index (κ2) is 4.88. The third-order valence-corrected chi connectivity index (χ3v) is 1.16. The molecule has 60 valence electrons. The molecule has 0 saturated heterocycles. The maximum Gasteiger partial charge on any atom is 0.117 e. The Bertz CT molecular complexity index is 228. The van der Waals surface area contributed by atoms with Crippen molar-refractivity contribution >= 4 is 13.3 Å². The highest BCUT2D eigenvalue weighted by Crippen LogP contribution is 1.97. The van der Waals surface area contributed by atoms with Crippen molar-refractivity contribution in [3.8, 4) is 0 Å². The number of halogens is 1. The molecule has 2 nitrogen and oxygen atoms in total. The van der Waals surface area contributed by atoms with Gasteiger partial charge in [0.05, 0.1) is 0 Å². The van der Waals surface area contributed by atoms with Crippen molar-refractivity contribution < 1.29 is 15.3 Å². The first-order valence-corrected chi connectivity index (χ1v) is 2.72. The van der Waals surface area contributed by atoms with E-state index >= 15 is 0 Å². The summed E-state index contributed by atoms with van der Waals surface area (Å²) in [5.74, 6) is -0.338. The van der Waals surface area contributed by atoms with E-state index in [1.165, 1.54) is 6.07 Å². The Hall–Kier alpha value is -0.865. The maximum atomic E-state index is 12.5. The van der Waals surface area contributed by atoms with Crippen molar-refractivity contribution in [3.05, 3.63) is 29.6 Å². The molecule has 0 aliphatic rings. The van der Waals surface area contributed by atoms with Gasteiger partial charge in [-0.25, -0.2) is 4.39 Å². The summed E-state index contributed by atoms with van der Waals surface area (Å²) in [6.45, 7) is 1.82.